The molecule has 268 valence electrons. The lowest BCUT2D eigenvalue weighted by Gasteiger charge is -2.20. The monoisotopic (exact) mass is 732 g/mol. The quantitative estimate of drug-likeness (QED) is 0.122. The Hall–Kier alpha value is -7.54. The predicted molar refractivity (Wildman–Crippen MR) is 250 cm³/mol. The van der Waals surface area contributed by atoms with Crippen LogP contribution in [0.15, 0.2) is 218 Å². The summed E-state index contributed by atoms with van der Waals surface area (Å²) in [5.41, 5.74) is 12.3. The largest absolute Gasteiger partial charge is 0.0622 e. The van der Waals surface area contributed by atoms with Gasteiger partial charge in [-0.2, -0.15) is 0 Å². The number of fused-ring (bicyclic) bond motifs is 3. The van der Waals surface area contributed by atoms with Gasteiger partial charge in [0.05, 0.1) is 0 Å². The average molecular weight is 733 g/mol. The predicted octanol–water partition coefficient (Wildman–Crippen LogP) is 16.4. The lowest BCUT2D eigenvalue weighted by molar-refractivity contribution is 1.58. The van der Waals surface area contributed by atoms with Gasteiger partial charge in [-0.05, 0) is 145 Å². The Morgan fingerprint density at radius 1 is 0.190 bits per heavy atom. The van der Waals surface area contributed by atoms with Crippen molar-refractivity contribution in [1.29, 1.82) is 0 Å². The molecule has 12 rings (SSSR count). The van der Waals surface area contributed by atoms with Gasteiger partial charge >= 0.3 is 0 Å². The van der Waals surface area contributed by atoms with Crippen molar-refractivity contribution >= 4 is 64.6 Å². The second-order valence-corrected chi connectivity index (χ2v) is 15.6. The van der Waals surface area contributed by atoms with Gasteiger partial charge in [0.1, 0.15) is 0 Å². The lowest BCUT2D eigenvalue weighted by atomic mass is 9.83. The molecule has 0 heteroatoms. The molecule has 0 saturated heterocycles. The Balaban J connectivity index is 1.18. The van der Waals surface area contributed by atoms with E-state index in [0.29, 0.717) is 0 Å². The van der Waals surface area contributed by atoms with Crippen molar-refractivity contribution in [3.63, 3.8) is 0 Å². The van der Waals surface area contributed by atoms with Crippen molar-refractivity contribution in [2.75, 3.05) is 0 Å². The normalized spacial score (nSPS) is 11.8. The zero-order valence-electron chi connectivity index (χ0n) is 31.8. The number of benzene rings is 12. The minimum Gasteiger partial charge on any atom is -0.0622 e. The summed E-state index contributed by atoms with van der Waals surface area (Å²) in [4.78, 5) is 0. The summed E-state index contributed by atoms with van der Waals surface area (Å²) < 4.78 is 0. The fourth-order valence-electron chi connectivity index (χ4n) is 9.77. The van der Waals surface area contributed by atoms with Gasteiger partial charge < -0.3 is 0 Å². The second kappa shape index (κ2) is 13.0. The zero-order valence-corrected chi connectivity index (χ0v) is 31.8. The summed E-state index contributed by atoms with van der Waals surface area (Å²) in [5, 5.41) is 15.3. The lowest BCUT2D eigenvalue weighted by Crippen LogP contribution is -1.93. The average Bonchev–Trinajstić information content (AvgIpc) is 3.30. The molecule has 0 amide bonds. The van der Waals surface area contributed by atoms with Crippen LogP contribution in [0, 0.1) is 0 Å². The maximum absolute atomic E-state index is 2.45. The third-order valence-corrected chi connectivity index (χ3v) is 12.4. The molecular formula is C58H36. The van der Waals surface area contributed by atoms with Crippen molar-refractivity contribution < 1.29 is 0 Å². The molecule has 0 radical (unpaired) electrons. The maximum Gasteiger partial charge on any atom is -0.00206 e. The topological polar surface area (TPSA) is 0 Å². The van der Waals surface area contributed by atoms with Crippen LogP contribution in [0.25, 0.3) is 120 Å². The third-order valence-electron chi connectivity index (χ3n) is 12.4. The van der Waals surface area contributed by atoms with Gasteiger partial charge in [-0.25, -0.2) is 0 Å². The Kier molecular flexibility index (Phi) is 7.33. The molecule has 0 bridgehead atoms. The van der Waals surface area contributed by atoms with Crippen LogP contribution in [0.1, 0.15) is 0 Å². The molecule has 0 nitrogen and oxygen atoms in total. The van der Waals surface area contributed by atoms with E-state index in [1.807, 2.05) is 0 Å². The Morgan fingerprint density at radius 3 is 1.34 bits per heavy atom. The fraction of sp³-hybridized carbons (Fsp3) is 0. The van der Waals surface area contributed by atoms with Crippen molar-refractivity contribution in [1.82, 2.24) is 0 Å². The van der Waals surface area contributed by atoms with E-state index >= 15 is 0 Å². The van der Waals surface area contributed by atoms with E-state index in [-0.39, 0.29) is 0 Å². The molecule has 0 aliphatic rings. The molecule has 0 aliphatic heterocycles. The first-order valence-corrected chi connectivity index (χ1v) is 20.2. The molecule has 0 aliphatic carbocycles. The second-order valence-electron chi connectivity index (χ2n) is 15.6. The van der Waals surface area contributed by atoms with E-state index in [2.05, 4.69) is 218 Å². The fourth-order valence-corrected chi connectivity index (χ4v) is 9.77. The van der Waals surface area contributed by atoms with Gasteiger partial charge in [-0.1, -0.05) is 194 Å². The van der Waals surface area contributed by atoms with Crippen LogP contribution < -0.4 is 0 Å². The maximum atomic E-state index is 2.45. The van der Waals surface area contributed by atoms with Crippen molar-refractivity contribution in [3.8, 4) is 55.6 Å². The minimum atomic E-state index is 1.20. The highest BCUT2D eigenvalue weighted by molar-refractivity contribution is 6.26. The summed E-state index contributed by atoms with van der Waals surface area (Å²) in [6.45, 7) is 0. The molecule has 12 aromatic rings. The Morgan fingerprint density at radius 2 is 0.655 bits per heavy atom. The van der Waals surface area contributed by atoms with Crippen LogP contribution in [0.4, 0.5) is 0 Å². The summed E-state index contributed by atoms with van der Waals surface area (Å²) in [6.07, 6.45) is 0. The van der Waals surface area contributed by atoms with Crippen LogP contribution >= 0.6 is 0 Å². The molecule has 0 heterocycles. The molecular weight excluding hydrogens is 697 g/mol. The first-order chi connectivity index (χ1) is 28.8. The first-order valence-electron chi connectivity index (χ1n) is 20.2. The number of rotatable bonds is 5. The molecule has 0 N–H and O–H groups in total. The molecule has 0 unspecified atom stereocenters. The molecule has 0 atom stereocenters. The van der Waals surface area contributed by atoms with E-state index in [0.717, 1.165) is 0 Å². The van der Waals surface area contributed by atoms with Crippen molar-refractivity contribution in [2.45, 2.75) is 0 Å². The summed E-state index contributed by atoms with van der Waals surface area (Å²) >= 11 is 0. The molecule has 0 fully saturated rings. The summed E-state index contributed by atoms with van der Waals surface area (Å²) in [7, 11) is 0. The van der Waals surface area contributed by atoms with E-state index in [9.17, 15) is 0 Å². The van der Waals surface area contributed by atoms with E-state index in [1.165, 1.54) is 120 Å². The molecule has 58 heavy (non-hydrogen) atoms. The Labute approximate surface area is 337 Å². The molecule has 0 saturated carbocycles. The smallest absolute Gasteiger partial charge is 0.00206 e. The SMILES string of the molecule is c1ccc(-c2c3ccccc3c(-c3cc(-c4ccccc4-c4ccc5ccccc5c4)cc(-c4ccc5ccc6cccc7ccc4c5c67)c3)c3ccccc23)cc1. The van der Waals surface area contributed by atoms with Gasteiger partial charge in [0.15, 0.2) is 0 Å². The Bertz CT molecular complexity index is 3480. The third kappa shape index (κ3) is 5.09. The van der Waals surface area contributed by atoms with E-state index < -0.39 is 0 Å². The van der Waals surface area contributed by atoms with Crippen LogP contribution in [0.3, 0.4) is 0 Å². The molecule has 12 aromatic carbocycles. The molecule has 0 spiro atoms. The van der Waals surface area contributed by atoms with Gasteiger partial charge in [-0.15, -0.1) is 0 Å². The van der Waals surface area contributed by atoms with Gasteiger partial charge in [0, 0.05) is 0 Å². The highest BCUT2D eigenvalue weighted by Gasteiger charge is 2.20. The zero-order chi connectivity index (χ0) is 38.2. The standard InChI is InChI=1S/C58H36/c1-2-14-38(15-3-1)56-50-21-8-10-23-52(50)57(53-24-11-9-22-51(53)56)46-35-44(48-20-7-6-19-47(48)43-28-25-37-13-4-5-16-42(37)33-43)34-45(36-46)49-31-29-41-27-26-39-17-12-18-40-30-32-54(49)58(41)55(39)40/h1-36H. The van der Waals surface area contributed by atoms with Crippen LogP contribution in [0.2, 0.25) is 0 Å². The highest BCUT2D eigenvalue weighted by Crippen LogP contribution is 2.47. The van der Waals surface area contributed by atoms with E-state index in [4.69, 9.17) is 0 Å². The van der Waals surface area contributed by atoms with Crippen molar-refractivity contribution in [2.24, 2.45) is 0 Å². The van der Waals surface area contributed by atoms with Crippen LogP contribution in [-0.4, -0.2) is 0 Å². The van der Waals surface area contributed by atoms with Crippen LogP contribution in [0.5, 0.6) is 0 Å². The highest BCUT2D eigenvalue weighted by atomic mass is 14.2. The minimum absolute atomic E-state index is 1.20. The van der Waals surface area contributed by atoms with Crippen LogP contribution in [-0.2, 0) is 0 Å². The molecule has 0 aromatic heterocycles. The first kappa shape index (κ1) is 32.7. The van der Waals surface area contributed by atoms with Gasteiger partial charge in [0.2, 0.25) is 0 Å². The van der Waals surface area contributed by atoms with Gasteiger partial charge in [-0.3, -0.25) is 0 Å². The number of hydrogen-bond acceptors (Lipinski definition) is 0. The number of hydrogen-bond donors (Lipinski definition) is 0. The summed E-state index contributed by atoms with van der Waals surface area (Å²) in [6, 6.07) is 81.1. The summed E-state index contributed by atoms with van der Waals surface area (Å²) in [5.74, 6) is 0. The van der Waals surface area contributed by atoms with E-state index in [1.54, 1.807) is 0 Å². The van der Waals surface area contributed by atoms with Gasteiger partial charge in [0.25, 0.3) is 0 Å². The van der Waals surface area contributed by atoms with Crippen molar-refractivity contribution in [3.05, 3.63) is 218 Å².